The molecule has 21 heavy (non-hydrogen) atoms. The van der Waals surface area contributed by atoms with Gasteiger partial charge in [-0.1, -0.05) is 0 Å². The van der Waals surface area contributed by atoms with Crippen molar-refractivity contribution in [1.29, 1.82) is 0 Å². The second kappa shape index (κ2) is 5.74. The standard InChI is InChI=1S/C11H12FN3O5S/c12-8-6-7(3-4-10(8)15(17)18)21(19,20)14-9-2-1-5-13-11(9)16/h3-4,6,9,14H,1-2,5H2,(H,13,16). The van der Waals surface area contributed by atoms with Crippen LogP contribution >= 0.6 is 0 Å². The van der Waals surface area contributed by atoms with Crippen molar-refractivity contribution in [1.82, 2.24) is 10.0 Å². The molecule has 0 saturated carbocycles. The molecule has 0 bridgehead atoms. The van der Waals surface area contributed by atoms with Crippen LogP contribution < -0.4 is 10.0 Å². The summed E-state index contributed by atoms with van der Waals surface area (Å²) < 4.78 is 39.7. The van der Waals surface area contributed by atoms with Crippen molar-refractivity contribution in [3.05, 3.63) is 34.1 Å². The van der Waals surface area contributed by atoms with Gasteiger partial charge in [-0.3, -0.25) is 14.9 Å². The molecule has 1 aromatic rings. The van der Waals surface area contributed by atoms with Gasteiger partial charge in [0, 0.05) is 18.7 Å². The Bertz CT molecular complexity index is 691. The van der Waals surface area contributed by atoms with Crippen molar-refractivity contribution >= 4 is 21.6 Å². The van der Waals surface area contributed by atoms with Crippen LogP contribution in [0, 0.1) is 15.9 Å². The minimum Gasteiger partial charge on any atom is -0.355 e. The van der Waals surface area contributed by atoms with E-state index in [1.54, 1.807) is 0 Å². The summed E-state index contributed by atoms with van der Waals surface area (Å²) in [5, 5.41) is 13.0. The maximum Gasteiger partial charge on any atom is 0.304 e. The van der Waals surface area contributed by atoms with E-state index in [1.807, 2.05) is 0 Å². The predicted molar refractivity (Wildman–Crippen MR) is 69.4 cm³/mol. The molecule has 1 aliphatic rings. The lowest BCUT2D eigenvalue weighted by atomic mass is 10.1. The van der Waals surface area contributed by atoms with Crippen molar-refractivity contribution < 1.29 is 22.5 Å². The highest BCUT2D eigenvalue weighted by Crippen LogP contribution is 2.21. The third-order valence-electron chi connectivity index (χ3n) is 3.01. The Morgan fingerprint density at radius 2 is 2.14 bits per heavy atom. The normalized spacial score (nSPS) is 19.1. The van der Waals surface area contributed by atoms with Gasteiger partial charge in [0.2, 0.25) is 21.7 Å². The van der Waals surface area contributed by atoms with Gasteiger partial charge in [-0.2, -0.15) is 9.11 Å². The van der Waals surface area contributed by atoms with Gasteiger partial charge in [0.15, 0.2) is 0 Å². The van der Waals surface area contributed by atoms with Gasteiger partial charge in [-0.25, -0.2) is 8.42 Å². The Balaban J connectivity index is 2.25. The quantitative estimate of drug-likeness (QED) is 0.611. The van der Waals surface area contributed by atoms with Gasteiger partial charge in [0.25, 0.3) is 0 Å². The van der Waals surface area contributed by atoms with Gasteiger partial charge in [0.1, 0.15) is 6.04 Å². The molecule has 1 aromatic carbocycles. The molecule has 1 fully saturated rings. The van der Waals surface area contributed by atoms with Crippen molar-refractivity contribution in [3.8, 4) is 0 Å². The molecule has 2 N–H and O–H groups in total. The molecule has 114 valence electrons. The zero-order valence-corrected chi connectivity index (χ0v) is 11.5. The van der Waals surface area contributed by atoms with Gasteiger partial charge in [0.05, 0.1) is 9.82 Å². The fraction of sp³-hybridized carbons (Fsp3) is 0.364. The first-order valence-corrected chi connectivity index (χ1v) is 7.53. The number of piperidine rings is 1. The topological polar surface area (TPSA) is 118 Å². The third-order valence-corrected chi connectivity index (χ3v) is 4.48. The van der Waals surface area contributed by atoms with E-state index in [4.69, 9.17) is 0 Å². The number of nitrogens with zero attached hydrogens (tertiary/aromatic N) is 1. The number of benzene rings is 1. The molecule has 0 aliphatic carbocycles. The van der Waals surface area contributed by atoms with Crippen LogP contribution in [-0.4, -0.2) is 31.8 Å². The number of halogens is 1. The summed E-state index contributed by atoms with van der Waals surface area (Å²) in [5.41, 5.74) is -0.815. The molecule has 1 amide bonds. The van der Waals surface area contributed by atoms with Crippen molar-refractivity contribution in [2.75, 3.05) is 6.54 Å². The molecular weight excluding hydrogens is 305 g/mol. The zero-order chi connectivity index (χ0) is 15.6. The van der Waals surface area contributed by atoms with Gasteiger partial charge in [-0.05, 0) is 18.9 Å². The number of hydrogen-bond acceptors (Lipinski definition) is 5. The van der Waals surface area contributed by atoms with Crippen LogP contribution in [-0.2, 0) is 14.8 Å². The van der Waals surface area contributed by atoms with Crippen LogP contribution in [0.25, 0.3) is 0 Å². The number of nitro groups is 1. The molecule has 0 radical (unpaired) electrons. The molecule has 8 nitrogen and oxygen atoms in total. The average molecular weight is 317 g/mol. The Morgan fingerprint density at radius 3 is 2.71 bits per heavy atom. The van der Waals surface area contributed by atoms with E-state index in [9.17, 15) is 27.7 Å². The highest BCUT2D eigenvalue weighted by molar-refractivity contribution is 7.89. The van der Waals surface area contributed by atoms with Crippen LogP contribution in [0.4, 0.5) is 10.1 Å². The molecule has 1 saturated heterocycles. The molecule has 1 heterocycles. The second-order valence-corrected chi connectivity index (χ2v) is 6.19. The van der Waals surface area contributed by atoms with E-state index in [1.165, 1.54) is 0 Å². The smallest absolute Gasteiger partial charge is 0.304 e. The van der Waals surface area contributed by atoms with Crippen LogP contribution in [0.3, 0.4) is 0 Å². The minimum absolute atomic E-state index is 0.334. The van der Waals surface area contributed by atoms with Crippen molar-refractivity contribution in [2.45, 2.75) is 23.8 Å². The lowest BCUT2D eigenvalue weighted by Gasteiger charge is -2.22. The Morgan fingerprint density at radius 1 is 1.43 bits per heavy atom. The van der Waals surface area contributed by atoms with E-state index in [0.717, 1.165) is 12.1 Å². The van der Waals surface area contributed by atoms with E-state index in [0.29, 0.717) is 25.5 Å². The largest absolute Gasteiger partial charge is 0.355 e. The summed E-state index contributed by atoms with van der Waals surface area (Å²) >= 11 is 0. The van der Waals surface area contributed by atoms with Crippen molar-refractivity contribution in [2.24, 2.45) is 0 Å². The summed E-state index contributed by atoms with van der Waals surface area (Å²) in [5.74, 6) is -1.71. The number of amides is 1. The predicted octanol–water partition coefficient (Wildman–Crippen LogP) is 0.291. The fourth-order valence-electron chi connectivity index (χ4n) is 1.94. The number of nitro benzene ring substituents is 1. The summed E-state index contributed by atoms with van der Waals surface area (Å²) in [6, 6.07) is 1.32. The van der Waals surface area contributed by atoms with Crippen LogP contribution in [0.5, 0.6) is 0 Å². The minimum atomic E-state index is -4.13. The summed E-state index contributed by atoms with van der Waals surface area (Å²) in [6.07, 6.45) is 0.952. The van der Waals surface area contributed by atoms with Gasteiger partial charge < -0.3 is 5.32 Å². The number of sulfonamides is 1. The summed E-state index contributed by atoms with van der Waals surface area (Å²) in [6.45, 7) is 0.475. The Labute approximate surface area is 119 Å². The zero-order valence-electron chi connectivity index (χ0n) is 10.7. The van der Waals surface area contributed by atoms with E-state index >= 15 is 0 Å². The lowest BCUT2D eigenvalue weighted by molar-refractivity contribution is -0.387. The molecule has 0 aromatic heterocycles. The number of nitrogens with one attached hydrogen (secondary N) is 2. The number of hydrogen-bond donors (Lipinski definition) is 2. The number of carbonyl (C=O) groups is 1. The first kappa shape index (κ1) is 15.3. The van der Waals surface area contributed by atoms with Crippen LogP contribution in [0.2, 0.25) is 0 Å². The maximum atomic E-state index is 13.5. The molecular formula is C11H12FN3O5S. The van der Waals surface area contributed by atoms with Crippen LogP contribution in [0.15, 0.2) is 23.1 Å². The number of rotatable bonds is 4. The monoisotopic (exact) mass is 317 g/mol. The van der Waals surface area contributed by atoms with Crippen LogP contribution in [0.1, 0.15) is 12.8 Å². The third kappa shape index (κ3) is 3.34. The first-order valence-electron chi connectivity index (χ1n) is 6.05. The highest BCUT2D eigenvalue weighted by atomic mass is 32.2. The van der Waals surface area contributed by atoms with E-state index in [-0.39, 0.29) is 0 Å². The Hall–Kier alpha value is -2.07. The molecule has 2 rings (SSSR count). The number of carbonyl (C=O) groups excluding carboxylic acids is 1. The summed E-state index contributed by atoms with van der Waals surface area (Å²) in [4.78, 5) is 20.6. The van der Waals surface area contributed by atoms with Crippen molar-refractivity contribution in [3.63, 3.8) is 0 Å². The van der Waals surface area contributed by atoms with Gasteiger partial charge >= 0.3 is 5.69 Å². The van der Waals surface area contributed by atoms with Gasteiger partial charge in [-0.15, -0.1) is 0 Å². The van der Waals surface area contributed by atoms with E-state index < -0.39 is 43.3 Å². The molecule has 1 aliphatic heterocycles. The lowest BCUT2D eigenvalue weighted by Crippen LogP contribution is -2.50. The second-order valence-electron chi connectivity index (χ2n) is 4.48. The fourth-order valence-corrected chi connectivity index (χ4v) is 3.18. The molecule has 1 atom stereocenters. The molecule has 10 heteroatoms. The molecule has 1 unspecified atom stereocenters. The van der Waals surface area contributed by atoms with E-state index in [2.05, 4.69) is 10.0 Å². The SMILES string of the molecule is O=C1NCCCC1NS(=O)(=O)c1ccc([N+](=O)[O-])c(F)c1. The molecule has 0 spiro atoms. The average Bonchev–Trinajstić information content (AvgIpc) is 2.40. The summed E-state index contributed by atoms with van der Waals surface area (Å²) in [7, 11) is -4.13. The first-order chi connectivity index (χ1) is 9.81. The maximum absolute atomic E-state index is 13.5. The Kier molecular flexibility index (Phi) is 4.19. The highest BCUT2D eigenvalue weighted by Gasteiger charge is 2.28.